The summed E-state index contributed by atoms with van der Waals surface area (Å²) < 4.78 is 5.45. The van der Waals surface area contributed by atoms with Crippen LogP contribution >= 0.6 is 0 Å². The van der Waals surface area contributed by atoms with Crippen LogP contribution < -0.4 is 4.74 Å². The van der Waals surface area contributed by atoms with Crippen LogP contribution in [0.3, 0.4) is 0 Å². The highest BCUT2D eigenvalue weighted by atomic mass is 16.5. The second kappa shape index (κ2) is 7.41. The van der Waals surface area contributed by atoms with Gasteiger partial charge in [-0.1, -0.05) is 42.5 Å². The molecule has 0 saturated carbocycles. The van der Waals surface area contributed by atoms with E-state index in [0.29, 0.717) is 16.9 Å². The average molecular weight is 282 g/mol. The number of aliphatic hydroxyl groups is 1. The molecule has 21 heavy (non-hydrogen) atoms. The topological polar surface area (TPSA) is 46.5 Å². The highest BCUT2D eigenvalue weighted by Gasteiger charge is 2.08. The minimum absolute atomic E-state index is 0.0175. The van der Waals surface area contributed by atoms with Crippen LogP contribution in [0, 0.1) is 0 Å². The van der Waals surface area contributed by atoms with Gasteiger partial charge in [-0.2, -0.15) is 0 Å². The number of ether oxygens (including phenoxy) is 1. The van der Waals surface area contributed by atoms with Gasteiger partial charge < -0.3 is 9.84 Å². The zero-order valence-electron chi connectivity index (χ0n) is 11.9. The first kappa shape index (κ1) is 15.0. The van der Waals surface area contributed by atoms with Crippen LogP contribution in [0.15, 0.2) is 66.7 Å². The Morgan fingerprint density at radius 3 is 2.33 bits per heavy atom. The van der Waals surface area contributed by atoms with E-state index in [1.54, 1.807) is 48.6 Å². The van der Waals surface area contributed by atoms with Gasteiger partial charge in [-0.25, -0.2) is 0 Å². The van der Waals surface area contributed by atoms with Crippen molar-refractivity contribution >= 4 is 5.78 Å². The molecular weight excluding hydrogens is 264 g/mol. The van der Waals surface area contributed by atoms with Crippen molar-refractivity contribution in [2.24, 2.45) is 0 Å². The number of hydrogen-bond acceptors (Lipinski definition) is 3. The van der Waals surface area contributed by atoms with Gasteiger partial charge in [0, 0.05) is 11.1 Å². The predicted octanol–water partition coefficient (Wildman–Crippen LogP) is 3.23. The van der Waals surface area contributed by atoms with Gasteiger partial charge in [-0.05, 0) is 31.2 Å². The van der Waals surface area contributed by atoms with Gasteiger partial charge in [0.2, 0.25) is 0 Å². The first-order valence-electron chi connectivity index (χ1n) is 6.84. The van der Waals surface area contributed by atoms with E-state index >= 15 is 0 Å². The molecule has 2 aromatic rings. The monoisotopic (exact) mass is 282 g/mol. The molecule has 1 atom stereocenters. The van der Waals surface area contributed by atoms with Gasteiger partial charge in [-0.15, -0.1) is 0 Å². The minimum Gasteiger partial charge on any atom is -0.491 e. The highest BCUT2D eigenvalue weighted by Crippen LogP contribution is 2.15. The maximum Gasteiger partial charge on any atom is 0.193 e. The van der Waals surface area contributed by atoms with E-state index in [4.69, 9.17) is 4.74 Å². The summed E-state index contributed by atoms with van der Waals surface area (Å²) in [5, 5.41) is 9.54. The highest BCUT2D eigenvalue weighted by molar-refractivity contribution is 6.08. The Hall–Kier alpha value is -2.39. The van der Waals surface area contributed by atoms with Gasteiger partial charge in [0.25, 0.3) is 0 Å². The summed E-state index contributed by atoms with van der Waals surface area (Å²) in [4.78, 5) is 12.2. The smallest absolute Gasteiger partial charge is 0.193 e. The molecule has 0 aromatic heterocycles. The van der Waals surface area contributed by atoms with Gasteiger partial charge in [-0.3, -0.25) is 4.79 Å². The van der Waals surface area contributed by atoms with Gasteiger partial charge >= 0.3 is 0 Å². The van der Waals surface area contributed by atoms with Crippen LogP contribution in [0.25, 0.3) is 0 Å². The molecule has 0 saturated heterocycles. The summed E-state index contributed by atoms with van der Waals surface area (Å²) in [7, 11) is 0. The molecule has 0 fully saturated rings. The second-order valence-electron chi connectivity index (χ2n) is 4.62. The van der Waals surface area contributed by atoms with E-state index in [9.17, 15) is 9.90 Å². The normalized spacial score (nSPS) is 12.3. The Morgan fingerprint density at radius 1 is 1.10 bits per heavy atom. The van der Waals surface area contributed by atoms with Crippen LogP contribution in [0.4, 0.5) is 0 Å². The van der Waals surface area contributed by atoms with Gasteiger partial charge in [0.05, 0.1) is 0 Å². The maximum absolute atomic E-state index is 12.2. The molecule has 0 bridgehead atoms. The van der Waals surface area contributed by atoms with Crippen molar-refractivity contribution < 1.29 is 14.6 Å². The third-order valence-corrected chi connectivity index (χ3v) is 2.99. The van der Waals surface area contributed by atoms with E-state index in [0.717, 1.165) is 0 Å². The molecular formula is C18H18O3. The van der Waals surface area contributed by atoms with E-state index < -0.39 is 6.10 Å². The van der Waals surface area contributed by atoms with Crippen molar-refractivity contribution in [2.75, 3.05) is 6.61 Å². The van der Waals surface area contributed by atoms with E-state index in [1.165, 1.54) is 0 Å². The van der Waals surface area contributed by atoms with E-state index in [1.807, 2.05) is 25.1 Å². The van der Waals surface area contributed by atoms with Crippen molar-refractivity contribution in [3.05, 3.63) is 77.9 Å². The van der Waals surface area contributed by atoms with Crippen molar-refractivity contribution in [1.82, 2.24) is 0 Å². The van der Waals surface area contributed by atoms with Crippen LogP contribution in [-0.2, 0) is 0 Å². The molecule has 0 aliphatic rings. The van der Waals surface area contributed by atoms with Crippen LogP contribution in [-0.4, -0.2) is 23.6 Å². The maximum atomic E-state index is 12.2. The lowest BCUT2D eigenvalue weighted by atomic mass is 10.0. The quantitative estimate of drug-likeness (QED) is 0.653. The third kappa shape index (κ3) is 4.29. The largest absolute Gasteiger partial charge is 0.491 e. The lowest BCUT2D eigenvalue weighted by Gasteiger charge is -2.09. The Morgan fingerprint density at radius 2 is 1.71 bits per heavy atom. The Labute approximate surface area is 124 Å². The molecule has 0 heterocycles. The molecule has 0 amide bonds. The van der Waals surface area contributed by atoms with Crippen LogP contribution in [0.1, 0.15) is 22.8 Å². The molecule has 108 valence electrons. The number of carbonyl (C=O) groups excluding carboxylic acids is 1. The number of ketones is 1. The fraction of sp³-hybridized carbons (Fsp3) is 0.167. The molecule has 3 heteroatoms. The Kier molecular flexibility index (Phi) is 5.29. The van der Waals surface area contributed by atoms with Crippen LogP contribution in [0.5, 0.6) is 5.75 Å². The minimum atomic E-state index is -0.624. The molecule has 0 radical (unpaired) electrons. The second-order valence-corrected chi connectivity index (χ2v) is 4.62. The van der Waals surface area contributed by atoms with Crippen molar-refractivity contribution in [2.45, 2.75) is 13.0 Å². The molecule has 2 rings (SSSR count). The third-order valence-electron chi connectivity index (χ3n) is 2.99. The Bertz CT molecular complexity index is 600. The van der Waals surface area contributed by atoms with Crippen molar-refractivity contribution in [1.29, 1.82) is 0 Å². The summed E-state index contributed by atoms with van der Waals surface area (Å²) in [5.41, 5.74) is 1.28. The summed E-state index contributed by atoms with van der Waals surface area (Å²) >= 11 is 0. The zero-order valence-corrected chi connectivity index (χ0v) is 11.9. The molecule has 2 aromatic carbocycles. The van der Waals surface area contributed by atoms with Crippen molar-refractivity contribution in [3.63, 3.8) is 0 Å². The fourth-order valence-corrected chi connectivity index (χ4v) is 1.92. The molecule has 0 aliphatic heterocycles. The fourth-order valence-electron chi connectivity index (χ4n) is 1.92. The number of carbonyl (C=O) groups is 1. The zero-order chi connectivity index (χ0) is 15.1. The van der Waals surface area contributed by atoms with E-state index in [2.05, 4.69) is 0 Å². The number of allylic oxidation sites excluding steroid dienone is 1. The van der Waals surface area contributed by atoms with Crippen LogP contribution in [0.2, 0.25) is 0 Å². The molecule has 1 N–H and O–H groups in total. The van der Waals surface area contributed by atoms with Gasteiger partial charge in [0.15, 0.2) is 5.78 Å². The first-order valence-corrected chi connectivity index (χ1v) is 6.84. The summed E-state index contributed by atoms with van der Waals surface area (Å²) in [5.74, 6) is 0.610. The molecule has 1 unspecified atom stereocenters. The van der Waals surface area contributed by atoms with E-state index in [-0.39, 0.29) is 12.4 Å². The first-order chi connectivity index (χ1) is 10.2. The summed E-state index contributed by atoms with van der Waals surface area (Å²) in [6.07, 6.45) is 2.81. The van der Waals surface area contributed by atoms with Crippen molar-refractivity contribution in [3.8, 4) is 5.75 Å². The number of rotatable bonds is 6. The number of hydrogen-bond donors (Lipinski definition) is 1. The summed E-state index contributed by atoms with van der Waals surface area (Å²) in [6, 6.07) is 16.1. The predicted molar refractivity (Wildman–Crippen MR) is 82.6 cm³/mol. The Balaban J connectivity index is 2.00. The molecule has 3 nitrogen and oxygen atoms in total. The van der Waals surface area contributed by atoms with Gasteiger partial charge in [0.1, 0.15) is 18.5 Å². The lowest BCUT2D eigenvalue weighted by Crippen LogP contribution is -2.14. The number of aliphatic hydroxyl groups excluding tert-OH is 1. The lowest BCUT2D eigenvalue weighted by molar-refractivity contribution is 0.103. The molecule has 0 aliphatic carbocycles. The summed E-state index contributed by atoms with van der Waals surface area (Å²) in [6.45, 7) is 2.03. The SMILES string of the molecule is C/C=C\C(O)COc1ccc(C(=O)c2ccccc2)cc1. The standard InChI is InChI=1S/C18H18O3/c1-2-6-16(19)13-21-17-11-9-15(10-12-17)18(20)14-7-4-3-5-8-14/h2-12,16,19H,13H2,1H3/b6-2-. The number of benzene rings is 2. The average Bonchev–Trinajstić information content (AvgIpc) is 2.54. The molecule has 0 spiro atoms.